The van der Waals surface area contributed by atoms with Crippen LogP contribution < -0.4 is 4.72 Å². The molecule has 26 heavy (non-hydrogen) atoms. The summed E-state index contributed by atoms with van der Waals surface area (Å²) in [5.74, 6) is -1.38. The minimum Gasteiger partial charge on any atom is -0.480 e. The molecule has 2 aromatic rings. The number of benzene rings is 2. The van der Waals surface area contributed by atoms with Crippen molar-refractivity contribution in [1.82, 2.24) is 4.72 Å². The fourth-order valence-corrected chi connectivity index (χ4v) is 3.65. The molecule has 0 radical (unpaired) electrons. The van der Waals surface area contributed by atoms with Crippen molar-refractivity contribution in [2.75, 3.05) is 12.4 Å². The summed E-state index contributed by atoms with van der Waals surface area (Å²) >= 11 is 0. The average Bonchev–Trinajstić information content (AvgIpc) is 2.62. The van der Waals surface area contributed by atoms with Crippen LogP contribution in [0, 0.1) is 0 Å². The maximum atomic E-state index is 12.1. The average molecular weight is 377 g/mol. The van der Waals surface area contributed by atoms with Gasteiger partial charge in [0.15, 0.2) is 0 Å². The second kappa shape index (κ2) is 10.1. The van der Waals surface area contributed by atoms with Gasteiger partial charge >= 0.3 is 5.97 Å². The van der Waals surface area contributed by atoms with Crippen LogP contribution in [0.4, 0.5) is 0 Å². The molecule has 0 fully saturated rings. The highest BCUT2D eigenvalue weighted by Crippen LogP contribution is 2.06. The lowest BCUT2D eigenvalue weighted by atomic mass is 10.1. The van der Waals surface area contributed by atoms with Crippen LogP contribution in [-0.2, 0) is 32.6 Å². The molecule has 0 aliphatic carbocycles. The van der Waals surface area contributed by atoms with E-state index in [1.54, 1.807) is 24.3 Å². The third-order valence-electron chi connectivity index (χ3n) is 3.72. The van der Waals surface area contributed by atoms with Gasteiger partial charge in [-0.1, -0.05) is 60.7 Å². The fraction of sp³-hybridized carbons (Fsp3) is 0.316. The topological polar surface area (TPSA) is 92.7 Å². The van der Waals surface area contributed by atoms with Gasteiger partial charge in [-0.2, -0.15) is 0 Å². The summed E-state index contributed by atoms with van der Waals surface area (Å²) in [4.78, 5) is 11.4. The lowest BCUT2D eigenvalue weighted by Gasteiger charge is -2.15. The lowest BCUT2D eigenvalue weighted by Crippen LogP contribution is -2.43. The first-order valence-electron chi connectivity index (χ1n) is 8.35. The van der Waals surface area contributed by atoms with Gasteiger partial charge in [0.25, 0.3) is 0 Å². The quantitative estimate of drug-likeness (QED) is 0.586. The van der Waals surface area contributed by atoms with Gasteiger partial charge in [0.1, 0.15) is 6.04 Å². The van der Waals surface area contributed by atoms with E-state index in [0.717, 1.165) is 11.1 Å². The molecule has 6 nitrogen and oxygen atoms in total. The minimum absolute atomic E-state index is 0.0971. The predicted octanol–water partition coefficient (Wildman–Crippen LogP) is 2.21. The van der Waals surface area contributed by atoms with Gasteiger partial charge in [-0.3, -0.25) is 4.79 Å². The molecular formula is C19H23NO5S. The Morgan fingerprint density at radius 2 is 1.58 bits per heavy atom. The van der Waals surface area contributed by atoms with Crippen LogP contribution in [0.2, 0.25) is 0 Å². The van der Waals surface area contributed by atoms with E-state index in [9.17, 15) is 18.3 Å². The van der Waals surface area contributed by atoms with Crippen molar-refractivity contribution < 1.29 is 23.1 Å². The highest BCUT2D eigenvalue weighted by molar-refractivity contribution is 7.89. The Hall–Kier alpha value is -2.22. The molecule has 0 amide bonds. The molecule has 0 aliphatic rings. The van der Waals surface area contributed by atoms with Crippen molar-refractivity contribution in [2.24, 2.45) is 0 Å². The van der Waals surface area contributed by atoms with Gasteiger partial charge in [-0.15, -0.1) is 0 Å². The van der Waals surface area contributed by atoms with Gasteiger partial charge in [0.2, 0.25) is 10.0 Å². The monoisotopic (exact) mass is 377 g/mol. The second-order valence-electron chi connectivity index (χ2n) is 5.91. The molecule has 0 heterocycles. The first-order chi connectivity index (χ1) is 12.5. The van der Waals surface area contributed by atoms with E-state index in [0.29, 0.717) is 13.0 Å². The number of hydrogen-bond acceptors (Lipinski definition) is 4. The smallest absolute Gasteiger partial charge is 0.322 e. The van der Waals surface area contributed by atoms with Gasteiger partial charge in [0, 0.05) is 6.61 Å². The van der Waals surface area contributed by atoms with Crippen molar-refractivity contribution in [3.63, 3.8) is 0 Å². The Morgan fingerprint density at radius 1 is 1.00 bits per heavy atom. The number of carboxylic acid groups (broad SMARTS) is 1. The van der Waals surface area contributed by atoms with E-state index in [1.165, 1.54) is 0 Å². The van der Waals surface area contributed by atoms with Crippen molar-refractivity contribution >= 4 is 16.0 Å². The number of aliphatic carboxylic acids is 1. The summed E-state index contributed by atoms with van der Waals surface area (Å²) in [6, 6.07) is 17.3. The number of rotatable bonds is 11. The van der Waals surface area contributed by atoms with Crippen molar-refractivity contribution in [1.29, 1.82) is 0 Å². The van der Waals surface area contributed by atoms with E-state index >= 15 is 0 Å². The summed E-state index contributed by atoms with van der Waals surface area (Å²) in [5.41, 5.74) is 1.77. The Bertz CT molecular complexity index is 778. The molecule has 0 spiro atoms. The van der Waals surface area contributed by atoms with E-state index in [1.807, 2.05) is 36.4 Å². The normalized spacial score (nSPS) is 12.6. The largest absolute Gasteiger partial charge is 0.480 e. The molecule has 2 N–H and O–H groups in total. The van der Waals surface area contributed by atoms with E-state index in [2.05, 4.69) is 4.72 Å². The zero-order valence-electron chi connectivity index (χ0n) is 14.4. The Labute approximate surface area is 153 Å². The summed E-state index contributed by atoms with van der Waals surface area (Å²) in [7, 11) is -3.70. The predicted molar refractivity (Wildman–Crippen MR) is 99.2 cm³/mol. The SMILES string of the molecule is O=C(O)[C@@H](Cc1ccccc1)NS(=O)(=O)CCCOCc1ccccc1. The van der Waals surface area contributed by atoms with Crippen LogP contribution in [0.5, 0.6) is 0 Å². The Kier molecular flexibility index (Phi) is 7.77. The van der Waals surface area contributed by atoms with E-state index in [4.69, 9.17) is 4.74 Å². The van der Waals surface area contributed by atoms with Gasteiger partial charge in [0.05, 0.1) is 12.4 Å². The molecule has 140 valence electrons. The van der Waals surface area contributed by atoms with Crippen LogP contribution in [0.1, 0.15) is 17.5 Å². The summed E-state index contributed by atoms with van der Waals surface area (Å²) < 4.78 is 32.0. The molecule has 1 atom stereocenters. The molecule has 0 aromatic heterocycles. The highest BCUT2D eigenvalue weighted by atomic mass is 32.2. The highest BCUT2D eigenvalue weighted by Gasteiger charge is 2.24. The van der Waals surface area contributed by atoms with E-state index < -0.39 is 22.0 Å². The standard InChI is InChI=1S/C19H23NO5S/c21-19(22)18(14-16-8-3-1-4-9-16)20-26(23,24)13-7-12-25-15-17-10-5-2-6-11-17/h1-6,8-11,18,20H,7,12-15H2,(H,21,22)/t18-/m1/s1. The van der Waals surface area contributed by atoms with Crippen molar-refractivity contribution in [3.8, 4) is 0 Å². The number of carbonyl (C=O) groups is 1. The van der Waals surface area contributed by atoms with Crippen LogP contribution in [-0.4, -0.2) is 37.9 Å². The van der Waals surface area contributed by atoms with Crippen LogP contribution >= 0.6 is 0 Å². The molecule has 7 heteroatoms. The number of carboxylic acids is 1. The van der Waals surface area contributed by atoms with E-state index in [-0.39, 0.29) is 18.8 Å². The summed E-state index contributed by atoms with van der Waals surface area (Å²) in [5, 5.41) is 9.28. The molecule has 0 bridgehead atoms. The number of sulfonamides is 1. The molecule has 2 rings (SSSR count). The van der Waals surface area contributed by atoms with Crippen molar-refractivity contribution in [3.05, 3.63) is 71.8 Å². The number of ether oxygens (including phenoxy) is 1. The molecular weight excluding hydrogens is 354 g/mol. The molecule has 0 aliphatic heterocycles. The van der Waals surface area contributed by atoms with Crippen molar-refractivity contribution in [2.45, 2.75) is 25.5 Å². The zero-order chi connectivity index (χ0) is 18.8. The third-order valence-corrected chi connectivity index (χ3v) is 5.19. The first-order valence-corrected chi connectivity index (χ1v) is 10.00. The maximum Gasteiger partial charge on any atom is 0.322 e. The fourth-order valence-electron chi connectivity index (χ4n) is 2.42. The summed E-state index contributed by atoms with van der Waals surface area (Å²) in [6.07, 6.45) is 0.389. The van der Waals surface area contributed by atoms with Crippen LogP contribution in [0.15, 0.2) is 60.7 Å². The number of nitrogens with one attached hydrogen (secondary N) is 1. The first kappa shape index (κ1) is 20.1. The zero-order valence-corrected chi connectivity index (χ0v) is 15.2. The van der Waals surface area contributed by atoms with Gasteiger partial charge < -0.3 is 9.84 Å². The second-order valence-corrected chi connectivity index (χ2v) is 7.78. The van der Waals surface area contributed by atoms with Crippen LogP contribution in [0.25, 0.3) is 0 Å². The minimum atomic E-state index is -3.70. The molecule has 0 unspecified atom stereocenters. The Balaban J connectivity index is 1.77. The molecule has 0 saturated heterocycles. The number of hydrogen-bond donors (Lipinski definition) is 2. The lowest BCUT2D eigenvalue weighted by molar-refractivity contribution is -0.138. The molecule has 2 aromatic carbocycles. The Morgan fingerprint density at radius 3 is 2.15 bits per heavy atom. The van der Waals surface area contributed by atoms with Crippen LogP contribution in [0.3, 0.4) is 0 Å². The van der Waals surface area contributed by atoms with Gasteiger partial charge in [-0.05, 0) is 24.0 Å². The van der Waals surface area contributed by atoms with Gasteiger partial charge in [-0.25, -0.2) is 13.1 Å². The summed E-state index contributed by atoms with van der Waals surface area (Å²) in [6.45, 7) is 0.701. The third kappa shape index (κ3) is 7.35. The maximum absolute atomic E-state index is 12.1. The molecule has 0 saturated carbocycles.